The fourth-order valence-corrected chi connectivity index (χ4v) is 15.5. The second kappa shape index (κ2) is 17.6. The van der Waals surface area contributed by atoms with E-state index in [-0.39, 0.29) is 44.7 Å². The molecule has 5 aliphatic rings. The molecule has 0 radical (unpaired) electrons. The third-order valence-corrected chi connectivity index (χ3v) is 20.4. The van der Waals surface area contributed by atoms with E-state index in [4.69, 9.17) is 0 Å². The van der Waals surface area contributed by atoms with E-state index >= 15 is 0 Å². The smallest absolute Gasteiger partial charge is 0.253 e. The molecule has 412 valence electrons. The lowest BCUT2D eigenvalue weighted by molar-refractivity contribution is 0.195. The van der Waals surface area contributed by atoms with E-state index in [1.165, 1.54) is 137 Å². The van der Waals surface area contributed by atoms with E-state index in [2.05, 4.69) is 296 Å². The average Bonchev–Trinajstić information content (AvgIpc) is 3.08. The van der Waals surface area contributed by atoms with Gasteiger partial charge >= 0.3 is 0 Å². The monoisotopic (exact) mass is 1060 g/mol. The Hall–Kier alpha value is -6.78. The molecule has 1 fully saturated rings. The quantitative estimate of drug-likeness (QED) is 0.159. The molecule has 0 aromatic heterocycles. The molecule has 0 bridgehead atoms. The van der Waals surface area contributed by atoms with Gasteiger partial charge in [0, 0.05) is 50.9 Å². The largest absolute Gasteiger partial charge is 0.334 e. The summed E-state index contributed by atoms with van der Waals surface area (Å²) >= 11 is 0. The summed E-state index contributed by atoms with van der Waals surface area (Å²) < 4.78 is 0. The van der Waals surface area contributed by atoms with Crippen molar-refractivity contribution in [3.05, 3.63) is 219 Å². The Balaban J connectivity index is 1.24. The number of hydrogen-bond acceptors (Lipinski definition) is 3. The van der Waals surface area contributed by atoms with E-state index in [1.807, 2.05) is 0 Å². The summed E-state index contributed by atoms with van der Waals surface area (Å²) in [7, 11) is 0. The van der Waals surface area contributed by atoms with Gasteiger partial charge in [0.15, 0.2) is 0 Å². The lowest BCUT2D eigenvalue weighted by atomic mass is 9.28. The fourth-order valence-electron chi connectivity index (χ4n) is 15.5. The second-order valence-electron chi connectivity index (χ2n) is 30.6. The molecule has 4 heterocycles. The van der Waals surface area contributed by atoms with Crippen LogP contribution in [0.3, 0.4) is 0 Å². The van der Waals surface area contributed by atoms with Gasteiger partial charge in [0.2, 0.25) is 0 Å². The fraction of sp³-hybridized carbons (Fsp3) is 0.377. The van der Waals surface area contributed by atoms with E-state index in [9.17, 15) is 0 Å². The Morgan fingerprint density at radius 1 is 0.346 bits per heavy atom. The molecule has 13 rings (SSSR count). The molecule has 8 aromatic carbocycles. The highest BCUT2D eigenvalue weighted by Gasteiger charge is 2.60. The van der Waals surface area contributed by atoms with Crippen molar-refractivity contribution in [2.45, 2.75) is 187 Å². The summed E-state index contributed by atoms with van der Waals surface area (Å²) in [6, 6.07) is 65.8. The third kappa shape index (κ3) is 7.80. The SMILES string of the molecule is CC(C)(C)c1ccc(N2c3cc(N4c5ccc(C(C)(C)C)cc5C5(C)CCCCC45C)cc4c3B3c5c(cccc5C(c5ccccc5)(c5ccccc5)c5cc(C(C)(C)C)cc2c53)N4c2cc(C(C)(C)C)cc(C(C)(C)C)c2)cc1. The highest BCUT2D eigenvalue weighted by atomic mass is 15.3. The van der Waals surface area contributed by atoms with Crippen molar-refractivity contribution in [3.8, 4) is 0 Å². The molecule has 2 atom stereocenters. The van der Waals surface area contributed by atoms with Crippen LogP contribution in [0.4, 0.5) is 45.5 Å². The molecule has 4 aliphatic heterocycles. The van der Waals surface area contributed by atoms with E-state index < -0.39 is 5.41 Å². The van der Waals surface area contributed by atoms with Crippen molar-refractivity contribution in [2.75, 3.05) is 14.7 Å². The van der Waals surface area contributed by atoms with E-state index in [0.29, 0.717) is 0 Å². The first-order chi connectivity index (χ1) is 38.1. The van der Waals surface area contributed by atoms with Gasteiger partial charge in [-0.05, 0) is 173 Å². The maximum Gasteiger partial charge on any atom is 0.253 e. The van der Waals surface area contributed by atoms with E-state index in [0.717, 1.165) is 6.42 Å². The number of anilines is 8. The second-order valence-corrected chi connectivity index (χ2v) is 30.6. The molecule has 1 aliphatic carbocycles. The van der Waals surface area contributed by atoms with Crippen LogP contribution in [0.1, 0.15) is 199 Å². The molecule has 1 saturated carbocycles. The first-order valence-electron chi connectivity index (χ1n) is 30.5. The van der Waals surface area contributed by atoms with Gasteiger partial charge in [0.25, 0.3) is 6.71 Å². The van der Waals surface area contributed by atoms with Gasteiger partial charge in [0.05, 0.1) is 11.0 Å². The molecule has 2 unspecified atom stereocenters. The average molecular weight is 1060 g/mol. The van der Waals surface area contributed by atoms with Gasteiger partial charge in [-0.2, -0.15) is 0 Å². The minimum atomic E-state index is -0.660. The molecule has 0 N–H and O–H groups in total. The van der Waals surface area contributed by atoms with Crippen LogP contribution >= 0.6 is 0 Å². The van der Waals surface area contributed by atoms with Crippen molar-refractivity contribution in [1.82, 2.24) is 0 Å². The van der Waals surface area contributed by atoms with Gasteiger partial charge in [-0.1, -0.05) is 233 Å². The maximum atomic E-state index is 2.85. The molecular weight excluding hydrogens is 978 g/mol. The van der Waals surface area contributed by atoms with Gasteiger partial charge < -0.3 is 14.7 Å². The summed E-state index contributed by atoms with van der Waals surface area (Å²) in [5, 5.41) is 0. The zero-order valence-corrected chi connectivity index (χ0v) is 51.8. The first kappa shape index (κ1) is 53.5. The molecule has 8 aromatic rings. The zero-order valence-electron chi connectivity index (χ0n) is 51.8. The summed E-state index contributed by atoms with van der Waals surface area (Å²) in [4.78, 5) is 8.32. The normalized spacial score (nSPS) is 19.8. The number of fused-ring (bicyclic) bond motifs is 3. The van der Waals surface area contributed by atoms with Crippen molar-refractivity contribution >= 4 is 68.6 Å². The van der Waals surface area contributed by atoms with Crippen LogP contribution in [0.2, 0.25) is 0 Å². The Morgan fingerprint density at radius 2 is 0.827 bits per heavy atom. The molecule has 4 heteroatoms. The minimum absolute atomic E-state index is 0.00685. The van der Waals surface area contributed by atoms with Crippen LogP contribution in [0.15, 0.2) is 164 Å². The van der Waals surface area contributed by atoms with Crippen molar-refractivity contribution in [1.29, 1.82) is 0 Å². The first-order valence-corrected chi connectivity index (χ1v) is 30.5. The van der Waals surface area contributed by atoms with Crippen LogP contribution in [0.5, 0.6) is 0 Å². The van der Waals surface area contributed by atoms with Gasteiger partial charge in [0.1, 0.15) is 0 Å². The minimum Gasteiger partial charge on any atom is -0.334 e. The Kier molecular flexibility index (Phi) is 11.6. The third-order valence-electron chi connectivity index (χ3n) is 20.4. The summed E-state index contributed by atoms with van der Waals surface area (Å²) in [6.07, 6.45) is 4.74. The van der Waals surface area contributed by atoms with Crippen molar-refractivity contribution in [3.63, 3.8) is 0 Å². The Labute approximate surface area is 486 Å². The predicted octanol–water partition coefficient (Wildman–Crippen LogP) is 18.7. The molecule has 81 heavy (non-hydrogen) atoms. The number of hydrogen-bond donors (Lipinski definition) is 0. The van der Waals surface area contributed by atoms with Crippen LogP contribution in [0.25, 0.3) is 0 Å². The highest BCUT2D eigenvalue weighted by molar-refractivity contribution is 7.01. The van der Waals surface area contributed by atoms with Crippen molar-refractivity contribution in [2.24, 2.45) is 0 Å². The molecule has 3 nitrogen and oxygen atoms in total. The summed E-state index contributed by atoms with van der Waals surface area (Å²) in [5.41, 5.74) is 26.7. The lowest BCUT2D eigenvalue weighted by Crippen LogP contribution is -2.68. The maximum absolute atomic E-state index is 2.85. The Bertz CT molecular complexity index is 3760. The van der Waals surface area contributed by atoms with Crippen LogP contribution < -0.4 is 31.1 Å². The van der Waals surface area contributed by atoms with Gasteiger partial charge in [-0.3, -0.25) is 0 Å². The lowest BCUT2D eigenvalue weighted by Gasteiger charge is -2.53. The molecule has 0 amide bonds. The van der Waals surface area contributed by atoms with Crippen LogP contribution in [-0.4, -0.2) is 12.3 Å². The van der Waals surface area contributed by atoms with Gasteiger partial charge in [-0.25, -0.2) is 0 Å². The van der Waals surface area contributed by atoms with Gasteiger partial charge in [-0.15, -0.1) is 0 Å². The van der Waals surface area contributed by atoms with Crippen LogP contribution in [-0.2, 0) is 37.9 Å². The molecule has 0 saturated heterocycles. The standard InChI is InChI=1S/C77H86BN3/c1-70(2,3)49-33-36-56(37-34-49)79-64-46-55(74(13,14)15)45-61-68(64)78-67-59(77(61,50-27-20-18-21-28-50)51-29-22-19-23-30-51)31-26-32-63(67)80(57-42-53(72(7,8)9)41-54(43-57)73(10,11)12)66-48-58(47-65(79)69(66)78)81-62-38-35-52(71(4,5)6)44-60(62)75(16)39-24-25-40-76(75,81)17/h18-23,26-38,41-48H,24-25,39-40H2,1-17H3. The Morgan fingerprint density at radius 3 is 1.38 bits per heavy atom. The summed E-state index contributed by atoms with van der Waals surface area (Å²) in [6.45, 7) is 40.9. The zero-order chi connectivity index (χ0) is 57.4. The number of nitrogens with zero attached hydrogens (tertiary/aromatic N) is 3. The number of benzene rings is 8. The number of rotatable bonds is 5. The molecular formula is C77H86BN3. The highest BCUT2D eigenvalue weighted by Crippen LogP contribution is 2.63. The predicted molar refractivity (Wildman–Crippen MR) is 349 cm³/mol. The molecule has 0 spiro atoms. The van der Waals surface area contributed by atoms with Crippen molar-refractivity contribution < 1.29 is 0 Å². The van der Waals surface area contributed by atoms with E-state index in [1.54, 1.807) is 0 Å². The van der Waals surface area contributed by atoms with Crippen LogP contribution in [0, 0.1) is 0 Å². The summed E-state index contributed by atoms with van der Waals surface area (Å²) in [5.74, 6) is 0. The topological polar surface area (TPSA) is 9.72 Å².